The summed E-state index contributed by atoms with van der Waals surface area (Å²) in [4.78, 5) is 7.95. The molecule has 2 N–H and O–H groups in total. The Morgan fingerprint density at radius 2 is 2.16 bits per heavy atom. The number of fused-ring (bicyclic) bond motifs is 1. The quantitative estimate of drug-likeness (QED) is 0.673. The zero-order valence-electron chi connectivity index (χ0n) is 9.81. The summed E-state index contributed by atoms with van der Waals surface area (Å²) in [7, 11) is -3.46. The molecule has 0 fully saturated rings. The van der Waals surface area contributed by atoms with Gasteiger partial charge in [0.15, 0.2) is 26.3 Å². The maximum Gasteiger partial charge on any atom is 0.224 e. The summed E-state index contributed by atoms with van der Waals surface area (Å²) in [6.45, 7) is 0. The van der Waals surface area contributed by atoms with E-state index in [2.05, 4.69) is 15.1 Å². The van der Waals surface area contributed by atoms with Gasteiger partial charge in [0.25, 0.3) is 0 Å². The monoisotopic (exact) mass is 279 g/mol. The molecule has 98 valence electrons. The molecule has 0 atom stereocenters. The predicted molar refractivity (Wildman–Crippen MR) is 66.0 cm³/mol. The highest BCUT2D eigenvalue weighted by atomic mass is 32.2. The maximum atomic E-state index is 11.5. The Balaban J connectivity index is 2.26. The first kappa shape index (κ1) is 11.7. The van der Waals surface area contributed by atoms with E-state index in [9.17, 15) is 8.42 Å². The Morgan fingerprint density at radius 1 is 1.37 bits per heavy atom. The molecule has 3 heterocycles. The van der Waals surface area contributed by atoms with Crippen molar-refractivity contribution in [3.05, 3.63) is 24.5 Å². The van der Waals surface area contributed by atoms with Crippen LogP contribution in [0, 0.1) is 0 Å². The van der Waals surface area contributed by atoms with Gasteiger partial charge >= 0.3 is 0 Å². The summed E-state index contributed by atoms with van der Waals surface area (Å²) in [6, 6.07) is 4.70. The molecular weight excluding hydrogens is 270 g/mol. The van der Waals surface area contributed by atoms with E-state index in [-0.39, 0.29) is 11.0 Å². The molecule has 0 aliphatic carbocycles. The Bertz CT molecular complexity index is 851. The molecular formula is C10H9N5O3S. The minimum Gasteiger partial charge on any atom is -0.461 e. The largest absolute Gasteiger partial charge is 0.461 e. The zero-order chi connectivity index (χ0) is 13.6. The summed E-state index contributed by atoms with van der Waals surface area (Å²) in [5.74, 6) is 0.719. The fraction of sp³-hybridized carbons (Fsp3) is 0.100. The fourth-order valence-electron chi connectivity index (χ4n) is 1.59. The van der Waals surface area contributed by atoms with E-state index < -0.39 is 9.84 Å². The van der Waals surface area contributed by atoms with Crippen LogP contribution in [-0.4, -0.2) is 34.3 Å². The van der Waals surface area contributed by atoms with E-state index in [4.69, 9.17) is 10.2 Å². The summed E-state index contributed by atoms with van der Waals surface area (Å²) < 4.78 is 29.4. The summed E-state index contributed by atoms with van der Waals surface area (Å²) in [5.41, 5.74) is 5.97. The van der Waals surface area contributed by atoms with E-state index in [0.29, 0.717) is 17.2 Å². The lowest BCUT2D eigenvalue weighted by molar-refractivity contribution is 0.577. The van der Waals surface area contributed by atoms with Crippen LogP contribution in [0.4, 0.5) is 5.95 Å². The first-order valence-corrected chi connectivity index (χ1v) is 7.11. The number of anilines is 1. The lowest BCUT2D eigenvalue weighted by atomic mass is 10.4. The molecule has 3 aromatic rings. The molecule has 19 heavy (non-hydrogen) atoms. The average molecular weight is 279 g/mol. The zero-order valence-corrected chi connectivity index (χ0v) is 10.6. The molecule has 0 aliphatic rings. The van der Waals surface area contributed by atoms with Crippen molar-refractivity contribution >= 4 is 21.4 Å². The molecule has 0 unspecified atom stereocenters. The third-order valence-corrected chi connectivity index (χ3v) is 3.42. The van der Waals surface area contributed by atoms with Crippen molar-refractivity contribution < 1.29 is 12.8 Å². The molecule has 8 nitrogen and oxygen atoms in total. The number of sulfone groups is 1. The molecule has 0 aliphatic heterocycles. The molecule has 0 saturated heterocycles. The van der Waals surface area contributed by atoms with Crippen LogP contribution in [0.3, 0.4) is 0 Å². The van der Waals surface area contributed by atoms with Gasteiger partial charge in [0.1, 0.15) is 0 Å². The van der Waals surface area contributed by atoms with Crippen LogP contribution in [0.15, 0.2) is 33.9 Å². The van der Waals surface area contributed by atoms with Crippen molar-refractivity contribution in [1.29, 1.82) is 0 Å². The Labute approximate surface area is 107 Å². The number of rotatable bonds is 2. The van der Waals surface area contributed by atoms with E-state index in [1.54, 1.807) is 12.1 Å². The fourth-order valence-corrected chi connectivity index (χ4v) is 2.17. The van der Waals surface area contributed by atoms with Crippen molar-refractivity contribution in [3.8, 4) is 11.6 Å². The van der Waals surface area contributed by atoms with Crippen molar-refractivity contribution in [3.63, 3.8) is 0 Å². The third-order valence-electron chi connectivity index (χ3n) is 2.45. The van der Waals surface area contributed by atoms with Crippen molar-refractivity contribution in [2.24, 2.45) is 0 Å². The van der Waals surface area contributed by atoms with Crippen LogP contribution in [-0.2, 0) is 9.84 Å². The number of nitrogens with zero attached hydrogens (tertiary/aromatic N) is 4. The molecule has 0 aromatic carbocycles. The van der Waals surface area contributed by atoms with Gasteiger partial charge in [-0.25, -0.2) is 18.4 Å². The van der Waals surface area contributed by atoms with E-state index in [1.165, 1.54) is 16.8 Å². The van der Waals surface area contributed by atoms with Gasteiger partial charge in [-0.15, -0.1) is 5.10 Å². The SMILES string of the molecule is CS(=O)(=O)c1cc2nc(-c3ccco3)nn2c(N)n1. The second-order valence-corrected chi connectivity index (χ2v) is 5.87. The van der Waals surface area contributed by atoms with Gasteiger partial charge < -0.3 is 10.2 Å². The first-order valence-electron chi connectivity index (χ1n) is 5.22. The maximum absolute atomic E-state index is 11.5. The van der Waals surface area contributed by atoms with Gasteiger partial charge in [0.2, 0.25) is 11.8 Å². The van der Waals surface area contributed by atoms with Gasteiger partial charge in [-0.1, -0.05) is 0 Å². The minimum absolute atomic E-state index is 0.0526. The summed E-state index contributed by atoms with van der Waals surface area (Å²) in [5, 5.41) is 3.96. The van der Waals surface area contributed by atoms with Crippen LogP contribution in [0.2, 0.25) is 0 Å². The second kappa shape index (κ2) is 3.79. The van der Waals surface area contributed by atoms with Crippen LogP contribution in [0.25, 0.3) is 17.2 Å². The van der Waals surface area contributed by atoms with Gasteiger partial charge in [-0.05, 0) is 12.1 Å². The lowest BCUT2D eigenvalue weighted by Crippen LogP contribution is -2.08. The molecule has 0 radical (unpaired) electrons. The van der Waals surface area contributed by atoms with E-state index >= 15 is 0 Å². The lowest BCUT2D eigenvalue weighted by Gasteiger charge is -2.00. The minimum atomic E-state index is -3.46. The molecule has 0 bridgehead atoms. The second-order valence-electron chi connectivity index (χ2n) is 3.91. The van der Waals surface area contributed by atoms with Gasteiger partial charge in [0, 0.05) is 12.3 Å². The number of hydrogen-bond donors (Lipinski definition) is 1. The number of hydrogen-bond acceptors (Lipinski definition) is 7. The first-order chi connectivity index (χ1) is 8.95. The topological polar surface area (TPSA) is 116 Å². The molecule has 3 rings (SSSR count). The van der Waals surface area contributed by atoms with Crippen molar-refractivity contribution in [1.82, 2.24) is 19.6 Å². The summed E-state index contributed by atoms with van der Waals surface area (Å²) in [6.07, 6.45) is 2.54. The van der Waals surface area contributed by atoms with Crippen LogP contribution >= 0.6 is 0 Å². The molecule has 0 saturated carbocycles. The van der Waals surface area contributed by atoms with E-state index in [1.807, 2.05) is 0 Å². The van der Waals surface area contributed by atoms with Gasteiger partial charge in [-0.3, -0.25) is 0 Å². The number of nitrogens with two attached hydrogens (primary N) is 1. The Kier molecular flexibility index (Phi) is 2.32. The smallest absolute Gasteiger partial charge is 0.224 e. The van der Waals surface area contributed by atoms with Crippen molar-refractivity contribution in [2.45, 2.75) is 5.03 Å². The Morgan fingerprint density at radius 3 is 2.79 bits per heavy atom. The van der Waals surface area contributed by atoms with Crippen LogP contribution < -0.4 is 5.73 Å². The molecule has 0 amide bonds. The standard InChI is InChI=1S/C10H9N5O3S/c1-19(16,17)8-5-7-12-9(6-3-2-4-18-6)14-15(7)10(11)13-8/h2-5H,1H3,(H2,11,13). The van der Waals surface area contributed by atoms with Crippen LogP contribution in [0.5, 0.6) is 0 Å². The molecule has 3 aromatic heterocycles. The average Bonchev–Trinajstić information content (AvgIpc) is 2.95. The highest BCUT2D eigenvalue weighted by molar-refractivity contribution is 7.90. The third kappa shape index (κ3) is 1.93. The van der Waals surface area contributed by atoms with Crippen molar-refractivity contribution in [2.75, 3.05) is 12.0 Å². The normalized spacial score (nSPS) is 12.1. The number of furan rings is 1. The van der Waals surface area contributed by atoms with Gasteiger partial charge in [0.05, 0.1) is 6.26 Å². The van der Waals surface area contributed by atoms with Crippen LogP contribution in [0.1, 0.15) is 0 Å². The molecule has 9 heteroatoms. The highest BCUT2D eigenvalue weighted by Gasteiger charge is 2.16. The number of aromatic nitrogens is 4. The highest BCUT2D eigenvalue weighted by Crippen LogP contribution is 2.19. The summed E-state index contributed by atoms with van der Waals surface area (Å²) >= 11 is 0. The predicted octanol–water partition coefficient (Wildman–Crippen LogP) is 0.370. The Hall–Kier alpha value is -2.42. The number of nitrogen functional groups attached to an aromatic ring is 1. The van der Waals surface area contributed by atoms with Gasteiger partial charge in [-0.2, -0.15) is 4.52 Å². The molecule has 0 spiro atoms. The van der Waals surface area contributed by atoms with E-state index in [0.717, 1.165) is 6.26 Å².